The van der Waals surface area contributed by atoms with E-state index in [0.29, 0.717) is 30.1 Å². The number of hydrogen-bond acceptors (Lipinski definition) is 5. The lowest BCUT2D eigenvalue weighted by atomic mass is 9.55. The zero-order valence-electron chi connectivity index (χ0n) is 15.3. The van der Waals surface area contributed by atoms with Gasteiger partial charge in [0.05, 0.1) is 25.5 Å². The highest BCUT2D eigenvalue weighted by atomic mass is 16.6. The number of esters is 2. The highest BCUT2D eigenvalue weighted by Crippen LogP contribution is 2.68. The molecule has 0 unspecified atom stereocenters. The molecule has 0 spiro atoms. The quantitative estimate of drug-likeness (QED) is 0.739. The summed E-state index contributed by atoms with van der Waals surface area (Å²) >= 11 is 0. The smallest absolute Gasteiger partial charge is 0.310 e. The summed E-state index contributed by atoms with van der Waals surface area (Å²) in [4.78, 5) is 26.9. The summed E-state index contributed by atoms with van der Waals surface area (Å²) in [5.74, 6) is 1.51. The number of hydrogen-bond donors (Lipinski definition) is 0. The fourth-order valence-corrected chi connectivity index (χ4v) is 7.08. The minimum Gasteiger partial charge on any atom is -0.469 e. The first-order chi connectivity index (χ1) is 11.3. The van der Waals surface area contributed by atoms with E-state index in [1.54, 1.807) is 0 Å². The van der Waals surface area contributed by atoms with Crippen LogP contribution < -0.4 is 0 Å². The van der Waals surface area contributed by atoms with Crippen LogP contribution in [0, 0.1) is 35.0 Å². The van der Waals surface area contributed by atoms with Gasteiger partial charge in [0.25, 0.3) is 0 Å². The van der Waals surface area contributed by atoms with Gasteiger partial charge in [0.2, 0.25) is 0 Å². The predicted octanol–water partition coefficient (Wildman–Crippen LogP) is 2.09. The predicted molar refractivity (Wildman–Crippen MR) is 88.0 cm³/mol. The fourth-order valence-electron chi connectivity index (χ4n) is 7.08. The average molecular weight is 335 g/mol. The zero-order chi connectivity index (χ0) is 17.4. The molecule has 0 aromatic heterocycles. The van der Waals surface area contributed by atoms with E-state index in [-0.39, 0.29) is 41.5 Å². The van der Waals surface area contributed by atoms with E-state index >= 15 is 0 Å². The van der Waals surface area contributed by atoms with Crippen molar-refractivity contribution in [3.05, 3.63) is 0 Å². The largest absolute Gasteiger partial charge is 0.469 e. The third kappa shape index (κ3) is 1.80. The molecule has 2 bridgehead atoms. The van der Waals surface area contributed by atoms with Gasteiger partial charge in [-0.15, -0.1) is 0 Å². The Labute approximate surface area is 144 Å². The van der Waals surface area contributed by atoms with E-state index in [9.17, 15) is 9.59 Å². The molecule has 4 aliphatic rings. The molecule has 2 saturated carbocycles. The first kappa shape index (κ1) is 16.4. The average Bonchev–Trinajstić information content (AvgIpc) is 3.07. The van der Waals surface area contributed by atoms with Crippen molar-refractivity contribution >= 4 is 11.9 Å². The van der Waals surface area contributed by atoms with Gasteiger partial charge in [-0.3, -0.25) is 14.5 Å². The first-order valence-corrected chi connectivity index (χ1v) is 9.31. The number of ether oxygens (including phenoxy) is 2. The van der Waals surface area contributed by atoms with Crippen molar-refractivity contribution in [1.29, 1.82) is 0 Å². The fraction of sp³-hybridized carbons (Fsp3) is 0.895. The maximum absolute atomic E-state index is 12.6. The number of likely N-dealkylation sites (N-methyl/N-ethyl adjacent to an activating group) is 1. The molecule has 0 aromatic carbocycles. The highest BCUT2D eigenvalue weighted by molar-refractivity contribution is 5.77. The van der Waals surface area contributed by atoms with Crippen LogP contribution >= 0.6 is 0 Å². The number of methoxy groups -OCH3 is 1. The van der Waals surface area contributed by atoms with E-state index in [0.717, 1.165) is 12.8 Å². The van der Waals surface area contributed by atoms with Crippen molar-refractivity contribution < 1.29 is 19.1 Å². The van der Waals surface area contributed by atoms with Gasteiger partial charge in [-0.1, -0.05) is 20.8 Å². The van der Waals surface area contributed by atoms with Gasteiger partial charge in [0.1, 0.15) is 6.10 Å². The second-order valence-corrected chi connectivity index (χ2v) is 8.86. The van der Waals surface area contributed by atoms with Crippen molar-refractivity contribution in [1.82, 2.24) is 4.90 Å². The van der Waals surface area contributed by atoms with Gasteiger partial charge in [0, 0.05) is 12.0 Å². The van der Waals surface area contributed by atoms with Crippen molar-refractivity contribution in [2.24, 2.45) is 35.0 Å². The molecule has 0 amide bonds. The molecule has 4 fully saturated rings. The molecule has 4 rings (SSSR count). The number of nitrogens with zero attached hydrogens (tertiary/aromatic N) is 1. The summed E-state index contributed by atoms with van der Waals surface area (Å²) in [6, 6.07) is 0.420. The van der Waals surface area contributed by atoms with Crippen LogP contribution in [0.3, 0.4) is 0 Å². The van der Waals surface area contributed by atoms with Crippen LogP contribution in [0.2, 0.25) is 0 Å². The minimum atomic E-state index is -0.139. The summed E-state index contributed by atoms with van der Waals surface area (Å²) in [6.45, 7) is 6.78. The number of likely N-dealkylation sites (tertiary alicyclic amines) is 1. The Morgan fingerprint density at radius 3 is 2.67 bits per heavy atom. The van der Waals surface area contributed by atoms with Crippen LogP contribution in [0.25, 0.3) is 0 Å². The minimum absolute atomic E-state index is 0.0258. The Hall–Kier alpha value is -1.10. The lowest BCUT2D eigenvalue weighted by Crippen LogP contribution is -2.57. The summed E-state index contributed by atoms with van der Waals surface area (Å²) in [6.07, 6.45) is 2.59. The van der Waals surface area contributed by atoms with E-state index < -0.39 is 0 Å². The molecular weight excluding hydrogens is 306 g/mol. The van der Waals surface area contributed by atoms with Crippen LogP contribution in [-0.2, 0) is 19.1 Å². The summed E-state index contributed by atoms with van der Waals surface area (Å²) in [5.41, 5.74) is 0.0698. The zero-order valence-corrected chi connectivity index (χ0v) is 15.3. The molecule has 2 aliphatic heterocycles. The third-order valence-electron chi connectivity index (χ3n) is 7.89. The normalized spacial score (nSPS) is 49.4. The molecule has 8 atom stereocenters. The number of carbonyl (C=O) groups excluding carboxylic acids is 2. The standard InChI is InChI=1S/C19H29NO4/c1-9(2)14-15-11-7-6-10-12(8-13(21)23-5)20(4)17(19(10,11)3)16(14)24-18(15)22/h9-12,14-17H,6-8H2,1-5H3/t10-,11+,12-,14+,15+,16-,17-,19+/m1/s1. The van der Waals surface area contributed by atoms with E-state index in [4.69, 9.17) is 9.47 Å². The topological polar surface area (TPSA) is 55.8 Å². The molecular formula is C19H29NO4. The van der Waals surface area contributed by atoms with Gasteiger partial charge in [-0.2, -0.15) is 0 Å². The van der Waals surface area contributed by atoms with Crippen LogP contribution in [0.1, 0.15) is 40.0 Å². The summed E-state index contributed by atoms with van der Waals surface area (Å²) in [7, 11) is 3.57. The van der Waals surface area contributed by atoms with Crippen molar-refractivity contribution in [2.45, 2.75) is 58.2 Å². The Morgan fingerprint density at radius 1 is 1.38 bits per heavy atom. The number of carbonyl (C=O) groups is 2. The second-order valence-electron chi connectivity index (χ2n) is 8.86. The van der Waals surface area contributed by atoms with Crippen LogP contribution in [-0.4, -0.2) is 49.2 Å². The maximum Gasteiger partial charge on any atom is 0.310 e. The van der Waals surface area contributed by atoms with Gasteiger partial charge in [0.15, 0.2) is 0 Å². The monoisotopic (exact) mass is 335 g/mol. The van der Waals surface area contributed by atoms with Gasteiger partial charge in [-0.25, -0.2) is 0 Å². The molecule has 5 nitrogen and oxygen atoms in total. The molecule has 2 saturated heterocycles. The molecule has 0 N–H and O–H groups in total. The van der Waals surface area contributed by atoms with Gasteiger partial charge in [-0.05, 0) is 43.1 Å². The number of fused-ring (bicyclic) bond motifs is 4. The Morgan fingerprint density at radius 2 is 2.04 bits per heavy atom. The molecule has 0 radical (unpaired) electrons. The van der Waals surface area contributed by atoms with Gasteiger partial charge >= 0.3 is 11.9 Å². The van der Waals surface area contributed by atoms with Crippen LogP contribution in [0.15, 0.2) is 0 Å². The van der Waals surface area contributed by atoms with E-state index in [2.05, 4.69) is 32.7 Å². The van der Waals surface area contributed by atoms with E-state index in [1.165, 1.54) is 7.11 Å². The van der Waals surface area contributed by atoms with Crippen LogP contribution in [0.4, 0.5) is 0 Å². The molecule has 2 heterocycles. The molecule has 0 aromatic rings. The van der Waals surface area contributed by atoms with Crippen molar-refractivity contribution in [2.75, 3.05) is 14.2 Å². The lowest BCUT2D eigenvalue weighted by molar-refractivity contribution is -0.146. The Kier molecular flexibility index (Phi) is 3.55. The Balaban J connectivity index is 1.76. The van der Waals surface area contributed by atoms with Gasteiger partial charge < -0.3 is 9.47 Å². The number of rotatable bonds is 3. The summed E-state index contributed by atoms with van der Waals surface area (Å²) < 4.78 is 10.9. The molecule has 24 heavy (non-hydrogen) atoms. The van der Waals surface area contributed by atoms with Crippen molar-refractivity contribution in [3.8, 4) is 0 Å². The molecule has 134 valence electrons. The third-order valence-corrected chi connectivity index (χ3v) is 7.89. The highest BCUT2D eigenvalue weighted by Gasteiger charge is 2.73. The Bertz CT molecular complexity index is 576. The second kappa shape index (κ2) is 5.20. The first-order valence-electron chi connectivity index (χ1n) is 9.31. The summed E-state index contributed by atoms with van der Waals surface area (Å²) in [5, 5.41) is 0. The molecule has 5 heteroatoms. The maximum atomic E-state index is 12.6. The lowest BCUT2D eigenvalue weighted by Gasteiger charge is -2.49. The van der Waals surface area contributed by atoms with Crippen LogP contribution in [0.5, 0.6) is 0 Å². The SMILES string of the molecule is COC(=O)C[C@@H]1[C@H]2CC[C@H]3[C@@H]4C(=O)O[C@H]([C@H]4C(C)C)[C@@H](N1C)[C@@]23C. The molecule has 2 aliphatic carbocycles. The van der Waals surface area contributed by atoms with E-state index in [1.807, 2.05) is 0 Å². The van der Waals surface area contributed by atoms with Crippen molar-refractivity contribution in [3.63, 3.8) is 0 Å².